The Morgan fingerprint density at radius 2 is 2.11 bits per heavy atom. The zero-order valence-corrected chi connectivity index (χ0v) is 13.8. The molecule has 1 saturated carbocycles. The fourth-order valence-corrected chi connectivity index (χ4v) is 1.74. The van der Waals surface area contributed by atoms with Gasteiger partial charge in [0, 0.05) is 25.2 Å². The molecule has 0 bridgehead atoms. The second kappa shape index (κ2) is 8.24. The van der Waals surface area contributed by atoms with Gasteiger partial charge in [0.1, 0.15) is 5.75 Å². The van der Waals surface area contributed by atoms with Crippen molar-refractivity contribution >= 4 is 29.9 Å². The quantitative estimate of drug-likeness (QED) is 0.472. The standard InChI is InChI=1S/C14H21N3O.HI/c1-3-18-13-7-5-4-6-11(13)10-16-14(15-2)17-12-8-9-12;/h4-7,12H,3,8-10H2,1-2H3,(H2,15,16,17);1H. The van der Waals surface area contributed by atoms with Gasteiger partial charge >= 0.3 is 0 Å². The number of para-hydroxylation sites is 1. The number of hydrogen-bond acceptors (Lipinski definition) is 2. The maximum atomic E-state index is 5.60. The molecule has 0 radical (unpaired) electrons. The highest BCUT2D eigenvalue weighted by Gasteiger charge is 2.22. The monoisotopic (exact) mass is 375 g/mol. The molecule has 0 aromatic heterocycles. The lowest BCUT2D eigenvalue weighted by Crippen LogP contribution is -2.38. The first-order chi connectivity index (χ1) is 8.83. The number of halogens is 1. The molecule has 1 aliphatic rings. The third kappa shape index (κ3) is 5.26. The van der Waals surface area contributed by atoms with Crippen LogP contribution in [0.15, 0.2) is 29.3 Å². The summed E-state index contributed by atoms with van der Waals surface area (Å²) in [7, 11) is 1.80. The first-order valence-electron chi connectivity index (χ1n) is 6.51. The van der Waals surface area contributed by atoms with E-state index in [0.29, 0.717) is 12.6 Å². The molecule has 0 saturated heterocycles. The Morgan fingerprint density at radius 3 is 2.74 bits per heavy atom. The topological polar surface area (TPSA) is 45.6 Å². The molecule has 19 heavy (non-hydrogen) atoms. The lowest BCUT2D eigenvalue weighted by molar-refractivity contribution is 0.336. The number of nitrogens with one attached hydrogen (secondary N) is 2. The summed E-state index contributed by atoms with van der Waals surface area (Å²) in [4.78, 5) is 4.21. The van der Waals surface area contributed by atoms with Gasteiger partial charge in [0.15, 0.2) is 5.96 Å². The average Bonchev–Trinajstić information content (AvgIpc) is 3.20. The van der Waals surface area contributed by atoms with Crippen LogP contribution in [0.5, 0.6) is 5.75 Å². The van der Waals surface area contributed by atoms with Crippen LogP contribution in [0.3, 0.4) is 0 Å². The summed E-state index contributed by atoms with van der Waals surface area (Å²) in [6.07, 6.45) is 2.49. The molecule has 0 spiro atoms. The number of benzene rings is 1. The van der Waals surface area contributed by atoms with Gasteiger partial charge in [-0.3, -0.25) is 4.99 Å². The van der Waals surface area contributed by atoms with Gasteiger partial charge in [-0.2, -0.15) is 0 Å². The van der Waals surface area contributed by atoms with E-state index in [-0.39, 0.29) is 24.0 Å². The lowest BCUT2D eigenvalue weighted by atomic mass is 10.2. The van der Waals surface area contributed by atoms with Crippen molar-refractivity contribution in [1.82, 2.24) is 10.6 Å². The van der Waals surface area contributed by atoms with Gasteiger partial charge < -0.3 is 15.4 Å². The van der Waals surface area contributed by atoms with Gasteiger partial charge in [-0.15, -0.1) is 24.0 Å². The normalized spacial score (nSPS) is 14.5. The van der Waals surface area contributed by atoms with E-state index >= 15 is 0 Å². The van der Waals surface area contributed by atoms with Crippen LogP contribution >= 0.6 is 24.0 Å². The Kier molecular flexibility index (Phi) is 6.97. The van der Waals surface area contributed by atoms with Crippen molar-refractivity contribution in [2.45, 2.75) is 32.4 Å². The summed E-state index contributed by atoms with van der Waals surface area (Å²) in [6.45, 7) is 3.41. The smallest absolute Gasteiger partial charge is 0.191 e. The van der Waals surface area contributed by atoms with Gasteiger partial charge in [0.05, 0.1) is 6.61 Å². The number of ether oxygens (including phenoxy) is 1. The minimum Gasteiger partial charge on any atom is -0.494 e. The maximum absolute atomic E-state index is 5.60. The fourth-order valence-electron chi connectivity index (χ4n) is 1.74. The number of guanidine groups is 1. The lowest BCUT2D eigenvalue weighted by Gasteiger charge is -2.13. The van der Waals surface area contributed by atoms with Crippen molar-refractivity contribution in [2.24, 2.45) is 4.99 Å². The molecule has 2 N–H and O–H groups in total. The van der Waals surface area contributed by atoms with Crippen LogP contribution in [0.2, 0.25) is 0 Å². The zero-order valence-electron chi connectivity index (χ0n) is 11.5. The van der Waals surface area contributed by atoms with Gasteiger partial charge in [-0.05, 0) is 25.8 Å². The predicted molar refractivity (Wildman–Crippen MR) is 89.4 cm³/mol. The Balaban J connectivity index is 0.00000180. The first-order valence-corrected chi connectivity index (χ1v) is 6.51. The van der Waals surface area contributed by atoms with Crippen molar-refractivity contribution in [1.29, 1.82) is 0 Å². The number of hydrogen-bond donors (Lipinski definition) is 2. The SMILES string of the molecule is CCOc1ccccc1CNC(=NC)NC1CC1.I. The molecule has 0 amide bonds. The molecule has 0 heterocycles. The molecule has 4 nitrogen and oxygen atoms in total. The first kappa shape index (κ1) is 16.1. The number of rotatable bonds is 5. The van der Waals surface area contributed by atoms with Crippen LogP contribution in [0, 0.1) is 0 Å². The molecule has 0 atom stereocenters. The molecule has 0 unspecified atom stereocenters. The molecule has 1 aromatic rings. The Hall–Kier alpha value is -0.980. The minimum absolute atomic E-state index is 0. The average molecular weight is 375 g/mol. The minimum atomic E-state index is 0. The molecule has 5 heteroatoms. The Labute approximate surface area is 132 Å². The molecular formula is C14H22IN3O. The molecule has 0 aliphatic heterocycles. The molecule has 1 fully saturated rings. The van der Waals surface area contributed by atoms with Crippen LogP contribution < -0.4 is 15.4 Å². The van der Waals surface area contributed by atoms with Crippen LogP contribution in [0.1, 0.15) is 25.3 Å². The second-order valence-electron chi connectivity index (χ2n) is 4.39. The third-order valence-corrected chi connectivity index (χ3v) is 2.86. The van der Waals surface area contributed by atoms with Crippen molar-refractivity contribution < 1.29 is 4.74 Å². The highest BCUT2D eigenvalue weighted by atomic mass is 127. The van der Waals surface area contributed by atoms with E-state index in [1.165, 1.54) is 12.8 Å². The second-order valence-corrected chi connectivity index (χ2v) is 4.39. The summed E-state index contributed by atoms with van der Waals surface area (Å²) in [6, 6.07) is 8.70. The van der Waals surface area contributed by atoms with E-state index in [2.05, 4.69) is 21.7 Å². The summed E-state index contributed by atoms with van der Waals surface area (Å²) < 4.78 is 5.60. The zero-order chi connectivity index (χ0) is 12.8. The summed E-state index contributed by atoms with van der Waals surface area (Å²) >= 11 is 0. The van der Waals surface area contributed by atoms with Crippen LogP contribution in [-0.2, 0) is 6.54 Å². The van der Waals surface area contributed by atoms with Crippen molar-refractivity contribution in [3.63, 3.8) is 0 Å². The highest BCUT2D eigenvalue weighted by Crippen LogP contribution is 2.19. The predicted octanol–water partition coefficient (Wildman–Crippen LogP) is 2.53. The Bertz CT molecular complexity index is 419. The molecule has 1 aliphatic carbocycles. The van der Waals surface area contributed by atoms with Gasteiger partial charge in [0.2, 0.25) is 0 Å². The molecule has 106 valence electrons. The van der Waals surface area contributed by atoms with Gasteiger partial charge in [-0.1, -0.05) is 18.2 Å². The molecular weight excluding hydrogens is 353 g/mol. The van der Waals surface area contributed by atoms with E-state index in [1.807, 2.05) is 25.1 Å². The summed E-state index contributed by atoms with van der Waals surface area (Å²) in [5.41, 5.74) is 1.15. The maximum Gasteiger partial charge on any atom is 0.191 e. The molecule has 1 aromatic carbocycles. The van der Waals surface area contributed by atoms with Gasteiger partial charge in [-0.25, -0.2) is 0 Å². The van der Waals surface area contributed by atoms with Crippen LogP contribution in [-0.4, -0.2) is 25.7 Å². The van der Waals surface area contributed by atoms with E-state index < -0.39 is 0 Å². The summed E-state index contributed by atoms with van der Waals surface area (Å²) in [5.74, 6) is 1.80. The van der Waals surface area contributed by atoms with E-state index in [0.717, 1.165) is 23.8 Å². The van der Waals surface area contributed by atoms with E-state index in [1.54, 1.807) is 7.05 Å². The van der Waals surface area contributed by atoms with Crippen LogP contribution in [0.25, 0.3) is 0 Å². The van der Waals surface area contributed by atoms with E-state index in [4.69, 9.17) is 4.74 Å². The fraction of sp³-hybridized carbons (Fsp3) is 0.500. The third-order valence-electron chi connectivity index (χ3n) is 2.86. The van der Waals surface area contributed by atoms with Crippen LogP contribution in [0.4, 0.5) is 0 Å². The van der Waals surface area contributed by atoms with Crippen molar-refractivity contribution in [2.75, 3.05) is 13.7 Å². The highest BCUT2D eigenvalue weighted by molar-refractivity contribution is 14.0. The largest absolute Gasteiger partial charge is 0.494 e. The number of aliphatic imine (C=N–C) groups is 1. The van der Waals surface area contributed by atoms with E-state index in [9.17, 15) is 0 Å². The summed E-state index contributed by atoms with van der Waals surface area (Å²) in [5, 5.41) is 6.68. The van der Waals surface area contributed by atoms with Crippen molar-refractivity contribution in [3.05, 3.63) is 29.8 Å². The Morgan fingerprint density at radius 1 is 1.37 bits per heavy atom. The van der Waals surface area contributed by atoms with Crippen molar-refractivity contribution in [3.8, 4) is 5.75 Å². The molecule has 2 rings (SSSR count). The number of nitrogens with zero attached hydrogens (tertiary/aromatic N) is 1. The van der Waals surface area contributed by atoms with Gasteiger partial charge in [0.25, 0.3) is 0 Å².